The number of hydrogen-bond acceptors (Lipinski definition) is 5. The second-order valence-electron chi connectivity index (χ2n) is 4.75. The van der Waals surface area contributed by atoms with Gasteiger partial charge >= 0.3 is 0 Å². The Hall–Kier alpha value is -0.950. The number of hydrogen-bond donors (Lipinski definition) is 2. The first kappa shape index (κ1) is 15.4. The molecule has 0 aliphatic heterocycles. The van der Waals surface area contributed by atoms with Crippen LogP contribution in [-0.2, 0) is 4.79 Å². The van der Waals surface area contributed by atoms with Gasteiger partial charge in [0.25, 0.3) is 0 Å². The van der Waals surface area contributed by atoms with E-state index in [0.717, 1.165) is 11.7 Å². The molecule has 0 fully saturated rings. The predicted molar refractivity (Wildman–Crippen MR) is 83.4 cm³/mol. The van der Waals surface area contributed by atoms with E-state index in [1.165, 1.54) is 0 Å². The van der Waals surface area contributed by atoms with Crippen molar-refractivity contribution in [1.82, 2.24) is 8.75 Å². The van der Waals surface area contributed by atoms with E-state index in [1.54, 1.807) is 6.07 Å². The minimum absolute atomic E-state index is 0.134. The van der Waals surface area contributed by atoms with Crippen molar-refractivity contribution in [3.05, 3.63) is 16.1 Å². The van der Waals surface area contributed by atoms with Crippen LogP contribution in [0.25, 0.3) is 11.0 Å². The largest absolute Gasteiger partial charge is 0.330 e. The number of anilines is 1. The van der Waals surface area contributed by atoms with Crippen LogP contribution in [0.4, 0.5) is 5.69 Å². The number of nitrogens with zero attached hydrogens (tertiary/aromatic N) is 2. The maximum atomic E-state index is 12.3. The molecule has 0 saturated heterocycles. The molecule has 20 heavy (non-hydrogen) atoms. The second-order valence-corrected chi connectivity index (χ2v) is 6.09. The van der Waals surface area contributed by atoms with Crippen molar-refractivity contribution >= 4 is 57.6 Å². The number of aromatic nitrogens is 2. The number of halogens is 2. The summed E-state index contributed by atoms with van der Waals surface area (Å²) in [6.45, 7) is 4.16. The zero-order chi connectivity index (χ0) is 14.9. The molecule has 2 rings (SSSR count). The lowest BCUT2D eigenvalue weighted by Gasteiger charge is -2.18. The van der Waals surface area contributed by atoms with Gasteiger partial charge < -0.3 is 11.1 Å². The van der Waals surface area contributed by atoms with Crippen molar-refractivity contribution in [3.63, 3.8) is 0 Å². The first-order valence-electron chi connectivity index (χ1n) is 6.07. The van der Waals surface area contributed by atoms with Crippen molar-refractivity contribution in [2.24, 2.45) is 17.6 Å². The van der Waals surface area contributed by atoms with E-state index in [1.807, 2.05) is 13.8 Å². The smallest absolute Gasteiger partial charge is 0.229 e. The Morgan fingerprint density at radius 3 is 2.60 bits per heavy atom. The minimum Gasteiger partial charge on any atom is -0.330 e. The first-order valence-corrected chi connectivity index (χ1v) is 7.55. The van der Waals surface area contributed by atoms with Crippen molar-refractivity contribution < 1.29 is 4.79 Å². The van der Waals surface area contributed by atoms with E-state index in [0.29, 0.717) is 26.8 Å². The molecule has 0 aliphatic rings. The molecule has 108 valence electrons. The summed E-state index contributed by atoms with van der Waals surface area (Å²) in [6.07, 6.45) is 0. The number of nitrogens with two attached hydrogens (primary N) is 1. The zero-order valence-corrected chi connectivity index (χ0v) is 13.3. The molecule has 0 saturated carbocycles. The van der Waals surface area contributed by atoms with Crippen LogP contribution in [0.2, 0.25) is 10.0 Å². The number of carbonyl (C=O) groups is 1. The van der Waals surface area contributed by atoms with Gasteiger partial charge in [-0.2, -0.15) is 8.75 Å². The van der Waals surface area contributed by atoms with Crippen LogP contribution in [0.3, 0.4) is 0 Å². The number of fused-ring (bicyclic) bond motifs is 1. The van der Waals surface area contributed by atoms with E-state index in [4.69, 9.17) is 28.9 Å². The molecule has 1 amide bonds. The highest BCUT2D eigenvalue weighted by Crippen LogP contribution is 2.35. The fourth-order valence-electron chi connectivity index (χ4n) is 1.89. The summed E-state index contributed by atoms with van der Waals surface area (Å²) >= 11 is 13.2. The van der Waals surface area contributed by atoms with Crippen LogP contribution < -0.4 is 11.1 Å². The summed E-state index contributed by atoms with van der Waals surface area (Å²) < 4.78 is 8.23. The average molecular weight is 333 g/mol. The van der Waals surface area contributed by atoms with E-state index in [9.17, 15) is 4.79 Å². The summed E-state index contributed by atoms with van der Waals surface area (Å²) in [4.78, 5) is 12.3. The van der Waals surface area contributed by atoms with Crippen LogP contribution in [-0.4, -0.2) is 21.2 Å². The van der Waals surface area contributed by atoms with Crippen LogP contribution in [0.1, 0.15) is 13.8 Å². The van der Waals surface area contributed by atoms with Gasteiger partial charge in [-0.25, -0.2) is 0 Å². The van der Waals surface area contributed by atoms with Gasteiger partial charge in [-0.1, -0.05) is 37.0 Å². The molecular formula is C12H14Cl2N4OS. The maximum absolute atomic E-state index is 12.3. The summed E-state index contributed by atoms with van der Waals surface area (Å²) in [5, 5.41) is 3.54. The number of benzene rings is 1. The minimum atomic E-state index is -0.289. The predicted octanol–water partition coefficient (Wildman–Crippen LogP) is 3.17. The Balaban J connectivity index is 2.39. The van der Waals surface area contributed by atoms with Crippen LogP contribution in [0.5, 0.6) is 0 Å². The third-order valence-electron chi connectivity index (χ3n) is 3.09. The van der Waals surface area contributed by atoms with Gasteiger partial charge in [-0.15, -0.1) is 0 Å². The van der Waals surface area contributed by atoms with Crippen LogP contribution >= 0.6 is 34.9 Å². The first-order chi connectivity index (χ1) is 9.45. The second kappa shape index (κ2) is 6.22. The highest BCUT2D eigenvalue weighted by atomic mass is 35.5. The van der Waals surface area contributed by atoms with Gasteiger partial charge in [0.2, 0.25) is 5.91 Å². The van der Waals surface area contributed by atoms with Gasteiger partial charge in [-0.3, -0.25) is 4.79 Å². The Morgan fingerprint density at radius 2 is 2.00 bits per heavy atom. The monoisotopic (exact) mass is 332 g/mol. The molecule has 1 aromatic heterocycles. The Labute approximate surface area is 130 Å². The third kappa shape index (κ3) is 2.88. The Bertz CT molecular complexity index is 644. The number of amides is 1. The topological polar surface area (TPSA) is 80.9 Å². The lowest BCUT2D eigenvalue weighted by molar-refractivity contribution is -0.120. The average Bonchev–Trinajstić information content (AvgIpc) is 2.84. The molecule has 1 atom stereocenters. The zero-order valence-electron chi connectivity index (χ0n) is 11.0. The lowest BCUT2D eigenvalue weighted by Crippen LogP contribution is -2.33. The standard InChI is InChI=1S/C12H14Cl2N4OS/c1-5(2)6(4-15)12(19)16-9-7(13)3-8(14)10-11(9)18-20-17-10/h3,5-6H,4,15H2,1-2H3,(H,16,19). The SMILES string of the molecule is CC(C)C(CN)C(=O)Nc1c(Cl)cc(Cl)c2nsnc12. The third-order valence-corrected chi connectivity index (χ3v) is 4.20. The van der Waals surface area contributed by atoms with Gasteiger partial charge in [0.1, 0.15) is 11.0 Å². The quantitative estimate of drug-likeness (QED) is 0.900. The summed E-state index contributed by atoms with van der Waals surface area (Å²) in [6, 6.07) is 1.55. The number of carbonyl (C=O) groups excluding carboxylic acids is 1. The molecule has 1 heterocycles. The maximum Gasteiger partial charge on any atom is 0.229 e. The van der Waals surface area contributed by atoms with Gasteiger partial charge in [0, 0.05) is 6.54 Å². The lowest BCUT2D eigenvalue weighted by atomic mass is 9.95. The van der Waals surface area contributed by atoms with Crippen molar-refractivity contribution in [1.29, 1.82) is 0 Å². The molecule has 3 N–H and O–H groups in total. The van der Waals surface area contributed by atoms with E-state index < -0.39 is 0 Å². The Kier molecular flexibility index (Phi) is 4.80. The van der Waals surface area contributed by atoms with E-state index in [-0.39, 0.29) is 24.3 Å². The van der Waals surface area contributed by atoms with Crippen molar-refractivity contribution in [3.8, 4) is 0 Å². The summed E-state index contributed by atoms with van der Waals surface area (Å²) in [7, 11) is 0. The Morgan fingerprint density at radius 1 is 1.35 bits per heavy atom. The fourth-order valence-corrected chi connectivity index (χ4v) is 3.05. The molecule has 0 bridgehead atoms. The van der Waals surface area contributed by atoms with Crippen molar-refractivity contribution in [2.75, 3.05) is 11.9 Å². The molecule has 1 aromatic carbocycles. The molecule has 2 aromatic rings. The van der Waals surface area contributed by atoms with E-state index >= 15 is 0 Å². The molecular weight excluding hydrogens is 319 g/mol. The summed E-state index contributed by atoms with van der Waals surface area (Å²) in [5.74, 6) is -0.334. The molecule has 1 unspecified atom stereocenters. The van der Waals surface area contributed by atoms with Crippen LogP contribution in [0.15, 0.2) is 6.07 Å². The number of nitrogens with one attached hydrogen (secondary N) is 1. The van der Waals surface area contributed by atoms with Crippen LogP contribution in [0, 0.1) is 11.8 Å². The molecule has 8 heteroatoms. The molecule has 5 nitrogen and oxygen atoms in total. The fraction of sp³-hybridized carbons (Fsp3) is 0.417. The van der Waals surface area contributed by atoms with Crippen molar-refractivity contribution in [2.45, 2.75) is 13.8 Å². The van der Waals surface area contributed by atoms with Gasteiger partial charge in [-0.05, 0) is 12.0 Å². The number of rotatable bonds is 4. The highest BCUT2D eigenvalue weighted by Gasteiger charge is 2.23. The highest BCUT2D eigenvalue weighted by molar-refractivity contribution is 7.00. The van der Waals surface area contributed by atoms with Gasteiger partial charge in [0.15, 0.2) is 0 Å². The normalized spacial score (nSPS) is 12.9. The van der Waals surface area contributed by atoms with E-state index in [2.05, 4.69) is 14.1 Å². The molecule has 0 spiro atoms. The summed E-state index contributed by atoms with van der Waals surface area (Å²) in [5.41, 5.74) is 7.11. The molecule has 0 aliphatic carbocycles. The molecule has 0 radical (unpaired) electrons. The van der Waals surface area contributed by atoms with Gasteiger partial charge in [0.05, 0.1) is 33.4 Å².